The van der Waals surface area contributed by atoms with Gasteiger partial charge in [0.05, 0.1) is 11.5 Å². The molecule has 0 atom stereocenters. The number of nitrogen functional groups attached to an aromatic ring is 2. The number of amides is 1. The summed E-state index contributed by atoms with van der Waals surface area (Å²) in [5.41, 5.74) is 13.0. The molecule has 0 fully saturated rings. The minimum atomic E-state index is -0.0794. The maximum atomic E-state index is 11.9. The zero-order valence-corrected chi connectivity index (χ0v) is 13.1. The molecule has 0 aliphatic heterocycles. The van der Waals surface area contributed by atoms with Gasteiger partial charge in [0.2, 0.25) is 17.8 Å². The number of nitrogens with two attached hydrogens (primary N) is 2. The van der Waals surface area contributed by atoms with Crippen LogP contribution in [-0.4, -0.2) is 26.6 Å². The van der Waals surface area contributed by atoms with Crippen LogP contribution in [0.2, 0.25) is 0 Å². The Morgan fingerprint density at radius 3 is 2.36 bits per heavy atom. The molecule has 0 aliphatic carbocycles. The van der Waals surface area contributed by atoms with Gasteiger partial charge in [-0.2, -0.15) is 15.0 Å². The molecule has 22 heavy (non-hydrogen) atoms. The highest BCUT2D eigenvalue weighted by Crippen LogP contribution is 2.13. The van der Waals surface area contributed by atoms with Crippen LogP contribution in [-0.2, 0) is 17.0 Å². The molecule has 0 spiro atoms. The number of hydrogen-bond acceptors (Lipinski definition) is 7. The van der Waals surface area contributed by atoms with Crippen LogP contribution in [0, 0.1) is 0 Å². The molecule has 0 aliphatic rings. The van der Waals surface area contributed by atoms with E-state index in [2.05, 4.69) is 27.2 Å². The van der Waals surface area contributed by atoms with Crippen LogP contribution in [0.4, 0.5) is 17.6 Å². The van der Waals surface area contributed by atoms with Crippen molar-refractivity contribution in [1.82, 2.24) is 15.0 Å². The molecule has 0 radical (unpaired) electrons. The van der Waals surface area contributed by atoms with E-state index in [0.717, 1.165) is 12.1 Å². The Morgan fingerprint density at radius 2 is 1.77 bits per heavy atom. The first-order valence-corrected chi connectivity index (χ1v) is 7.94. The lowest BCUT2D eigenvalue weighted by molar-refractivity contribution is -0.113. The highest BCUT2D eigenvalue weighted by atomic mass is 32.2. The van der Waals surface area contributed by atoms with Gasteiger partial charge in [0.25, 0.3) is 0 Å². The number of nitrogens with zero attached hydrogens (tertiary/aromatic N) is 3. The average molecular weight is 318 g/mol. The smallest absolute Gasteiger partial charge is 0.234 e. The summed E-state index contributed by atoms with van der Waals surface area (Å²) < 4.78 is 0. The molecular weight excluding hydrogens is 300 g/mol. The van der Waals surface area contributed by atoms with Gasteiger partial charge < -0.3 is 16.8 Å². The normalized spacial score (nSPS) is 10.4. The number of anilines is 3. The fraction of sp³-hybridized carbons (Fsp3) is 0.286. The molecule has 0 bridgehead atoms. The van der Waals surface area contributed by atoms with Gasteiger partial charge >= 0.3 is 0 Å². The molecule has 1 amide bonds. The number of nitrogens with one attached hydrogen (secondary N) is 1. The maximum absolute atomic E-state index is 11.9. The molecule has 1 aromatic carbocycles. The summed E-state index contributed by atoms with van der Waals surface area (Å²) in [7, 11) is 0. The molecule has 116 valence electrons. The van der Waals surface area contributed by atoms with E-state index in [9.17, 15) is 4.79 Å². The Kier molecular flexibility index (Phi) is 5.54. The molecule has 0 saturated heterocycles. The summed E-state index contributed by atoms with van der Waals surface area (Å²) in [6, 6.07) is 7.79. The highest BCUT2D eigenvalue weighted by Gasteiger charge is 2.06. The summed E-state index contributed by atoms with van der Waals surface area (Å²) in [5.74, 6) is 1.30. The minimum absolute atomic E-state index is 0.0794. The van der Waals surface area contributed by atoms with Crippen molar-refractivity contribution in [1.29, 1.82) is 0 Å². The number of rotatable bonds is 6. The molecule has 2 aromatic rings. The van der Waals surface area contributed by atoms with Crippen molar-refractivity contribution in [2.24, 2.45) is 0 Å². The van der Waals surface area contributed by atoms with E-state index in [4.69, 9.17) is 11.5 Å². The number of benzene rings is 1. The van der Waals surface area contributed by atoms with E-state index in [0.29, 0.717) is 17.3 Å². The van der Waals surface area contributed by atoms with Crippen molar-refractivity contribution >= 4 is 35.3 Å². The summed E-state index contributed by atoms with van der Waals surface area (Å²) >= 11 is 1.38. The second-order valence-corrected chi connectivity index (χ2v) is 5.55. The van der Waals surface area contributed by atoms with Gasteiger partial charge in [-0.3, -0.25) is 4.79 Å². The quantitative estimate of drug-likeness (QED) is 0.737. The van der Waals surface area contributed by atoms with Crippen LogP contribution in [0.1, 0.15) is 18.3 Å². The van der Waals surface area contributed by atoms with E-state index >= 15 is 0 Å². The van der Waals surface area contributed by atoms with Crippen LogP contribution >= 0.6 is 11.8 Å². The Bertz CT molecular complexity index is 626. The fourth-order valence-electron chi connectivity index (χ4n) is 1.78. The maximum Gasteiger partial charge on any atom is 0.234 e. The number of aromatic nitrogens is 3. The van der Waals surface area contributed by atoms with Crippen molar-refractivity contribution in [2.75, 3.05) is 22.5 Å². The Labute approximate surface area is 132 Å². The molecule has 2 rings (SSSR count). The molecule has 7 nitrogen and oxygen atoms in total. The molecule has 5 N–H and O–H groups in total. The topological polar surface area (TPSA) is 120 Å². The van der Waals surface area contributed by atoms with Crippen molar-refractivity contribution in [3.05, 3.63) is 35.7 Å². The second kappa shape index (κ2) is 7.60. The Balaban J connectivity index is 1.79. The van der Waals surface area contributed by atoms with Gasteiger partial charge in [0.15, 0.2) is 0 Å². The van der Waals surface area contributed by atoms with Crippen molar-refractivity contribution in [3.63, 3.8) is 0 Å². The third-order valence-electron chi connectivity index (χ3n) is 2.83. The fourth-order valence-corrected chi connectivity index (χ4v) is 2.45. The molecule has 0 unspecified atom stereocenters. The zero-order chi connectivity index (χ0) is 15.9. The summed E-state index contributed by atoms with van der Waals surface area (Å²) in [4.78, 5) is 23.5. The van der Waals surface area contributed by atoms with Gasteiger partial charge in [0.1, 0.15) is 5.82 Å². The second-order valence-electron chi connectivity index (χ2n) is 4.56. The number of aryl methyl sites for hydroxylation is 1. The van der Waals surface area contributed by atoms with Gasteiger partial charge in [-0.1, -0.05) is 19.1 Å². The van der Waals surface area contributed by atoms with E-state index < -0.39 is 0 Å². The van der Waals surface area contributed by atoms with Gasteiger partial charge in [-0.05, 0) is 24.1 Å². The van der Waals surface area contributed by atoms with Crippen molar-refractivity contribution in [2.45, 2.75) is 19.1 Å². The third kappa shape index (κ3) is 4.88. The first-order valence-electron chi connectivity index (χ1n) is 6.79. The van der Waals surface area contributed by atoms with E-state index in [1.807, 2.05) is 24.3 Å². The molecule has 1 heterocycles. The molecular formula is C14H18N6OS. The first-order chi connectivity index (χ1) is 10.6. The number of thioether (sulfide) groups is 1. The molecule has 0 saturated carbocycles. The van der Waals surface area contributed by atoms with E-state index in [-0.39, 0.29) is 17.8 Å². The summed E-state index contributed by atoms with van der Waals surface area (Å²) in [6.07, 6.45) is 0.974. The van der Waals surface area contributed by atoms with Crippen LogP contribution in [0.5, 0.6) is 0 Å². The van der Waals surface area contributed by atoms with E-state index in [1.54, 1.807) is 0 Å². The lowest BCUT2D eigenvalue weighted by Gasteiger charge is -2.06. The highest BCUT2D eigenvalue weighted by molar-refractivity contribution is 7.99. The van der Waals surface area contributed by atoms with Crippen molar-refractivity contribution in [3.8, 4) is 0 Å². The SMILES string of the molecule is CCc1ccc(NC(=O)CSCc2nc(N)nc(N)n2)cc1. The molecule has 8 heteroatoms. The molecule has 1 aromatic heterocycles. The predicted octanol–water partition coefficient (Wildman–Crippen LogP) is 1.47. The van der Waals surface area contributed by atoms with Crippen LogP contribution in [0.25, 0.3) is 0 Å². The Morgan fingerprint density at radius 1 is 1.14 bits per heavy atom. The standard InChI is InChI=1S/C14H18N6OS/c1-2-9-3-5-10(6-4-9)17-12(21)8-22-7-11-18-13(15)20-14(16)19-11/h3-6H,2,7-8H2,1H3,(H,17,21)(H4,15,16,18,19,20). The van der Waals surface area contributed by atoms with Gasteiger partial charge in [-0.15, -0.1) is 11.8 Å². The van der Waals surface area contributed by atoms with Crippen LogP contribution in [0.15, 0.2) is 24.3 Å². The first kappa shape index (κ1) is 16.0. The zero-order valence-electron chi connectivity index (χ0n) is 12.2. The number of hydrogen-bond donors (Lipinski definition) is 3. The van der Waals surface area contributed by atoms with Gasteiger partial charge in [-0.25, -0.2) is 0 Å². The number of carbonyl (C=O) groups excluding carboxylic acids is 1. The van der Waals surface area contributed by atoms with Crippen LogP contribution < -0.4 is 16.8 Å². The average Bonchev–Trinajstić information content (AvgIpc) is 2.47. The number of carbonyl (C=O) groups is 1. The van der Waals surface area contributed by atoms with E-state index in [1.165, 1.54) is 17.3 Å². The largest absolute Gasteiger partial charge is 0.368 e. The lowest BCUT2D eigenvalue weighted by Crippen LogP contribution is -2.14. The van der Waals surface area contributed by atoms with Gasteiger partial charge in [0, 0.05) is 5.69 Å². The monoisotopic (exact) mass is 318 g/mol. The summed E-state index contributed by atoms with van der Waals surface area (Å²) in [6.45, 7) is 2.09. The lowest BCUT2D eigenvalue weighted by atomic mass is 10.1. The third-order valence-corrected chi connectivity index (χ3v) is 3.76. The Hall–Kier alpha value is -2.35. The van der Waals surface area contributed by atoms with Crippen molar-refractivity contribution < 1.29 is 4.79 Å². The predicted molar refractivity (Wildman–Crippen MR) is 89.3 cm³/mol. The van der Waals surface area contributed by atoms with Crippen LogP contribution in [0.3, 0.4) is 0 Å². The minimum Gasteiger partial charge on any atom is -0.368 e. The summed E-state index contributed by atoms with van der Waals surface area (Å²) in [5, 5.41) is 2.84.